The fourth-order valence-electron chi connectivity index (χ4n) is 2.09. The van der Waals surface area contributed by atoms with Crippen LogP contribution in [0, 0.1) is 12.8 Å². The van der Waals surface area contributed by atoms with Crippen molar-refractivity contribution >= 4 is 5.78 Å². The highest BCUT2D eigenvalue weighted by Gasteiger charge is 2.24. The van der Waals surface area contributed by atoms with E-state index < -0.39 is 0 Å². The highest BCUT2D eigenvalue weighted by Crippen LogP contribution is 2.23. The van der Waals surface area contributed by atoms with Gasteiger partial charge in [0, 0.05) is 29.9 Å². The molecule has 0 aliphatic heterocycles. The predicted octanol–water partition coefficient (Wildman–Crippen LogP) is 2.91. The lowest BCUT2D eigenvalue weighted by Crippen LogP contribution is -2.26. The lowest BCUT2D eigenvalue weighted by molar-refractivity contribution is 0.0912. The highest BCUT2D eigenvalue weighted by molar-refractivity contribution is 5.99. The fraction of sp³-hybridized carbons (Fsp3) is 0.250. The summed E-state index contributed by atoms with van der Waals surface area (Å²) in [4.78, 5) is 16.5. The molecular formula is C16H18N2O. The van der Waals surface area contributed by atoms with Crippen molar-refractivity contribution in [2.45, 2.75) is 19.9 Å². The first-order chi connectivity index (χ1) is 9.11. The van der Waals surface area contributed by atoms with Crippen molar-refractivity contribution in [3.63, 3.8) is 0 Å². The number of carbonyl (C=O) groups is 1. The zero-order chi connectivity index (χ0) is 13.8. The Morgan fingerprint density at radius 3 is 2.53 bits per heavy atom. The van der Waals surface area contributed by atoms with E-state index >= 15 is 0 Å². The van der Waals surface area contributed by atoms with Gasteiger partial charge in [-0.2, -0.15) is 0 Å². The molecule has 0 amide bonds. The fourth-order valence-corrected chi connectivity index (χ4v) is 2.09. The van der Waals surface area contributed by atoms with Crippen LogP contribution < -0.4 is 5.73 Å². The molecule has 98 valence electrons. The Morgan fingerprint density at radius 1 is 1.21 bits per heavy atom. The third-order valence-corrected chi connectivity index (χ3v) is 3.44. The Hall–Kier alpha value is -2.00. The summed E-state index contributed by atoms with van der Waals surface area (Å²) in [6.07, 6.45) is 3.31. The molecule has 0 bridgehead atoms. The number of nitrogens with zero attached hydrogens (tertiary/aromatic N) is 1. The average Bonchev–Trinajstić information content (AvgIpc) is 2.46. The molecule has 3 heteroatoms. The van der Waals surface area contributed by atoms with Gasteiger partial charge in [-0.1, -0.05) is 37.3 Å². The van der Waals surface area contributed by atoms with E-state index in [2.05, 4.69) is 4.98 Å². The third kappa shape index (κ3) is 2.88. The lowest BCUT2D eigenvalue weighted by Gasteiger charge is -2.19. The molecule has 1 aromatic carbocycles. The standard InChI is InChI=1S/C16H18N2O/c1-11-8-9-18-10-14(11)16(19)12(2)15(17)13-6-4-3-5-7-13/h3-10,12,15H,17H2,1-2H3. The molecule has 1 heterocycles. The largest absolute Gasteiger partial charge is 0.323 e. The molecule has 2 N–H and O–H groups in total. The van der Waals surface area contributed by atoms with Gasteiger partial charge in [-0.15, -0.1) is 0 Å². The predicted molar refractivity (Wildman–Crippen MR) is 75.8 cm³/mol. The molecule has 0 aliphatic carbocycles. The van der Waals surface area contributed by atoms with Crippen LogP contribution in [0.3, 0.4) is 0 Å². The minimum Gasteiger partial charge on any atom is -0.323 e. The van der Waals surface area contributed by atoms with Crippen LogP contribution in [0.2, 0.25) is 0 Å². The van der Waals surface area contributed by atoms with Crippen LogP contribution >= 0.6 is 0 Å². The average molecular weight is 254 g/mol. The van der Waals surface area contributed by atoms with Crippen molar-refractivity contribution in [3.05, 3.63) is 65.5 Å². The van der Waals surface area contributed by atoms with Gasteiger partial charge in [-0.25, -0.2) is 0 Å². The van der Waals surface area contributed by atoms with Crippen molar-refractivity contribution in [2.24, 2.45) is 11.7 Å². The Kier molecular flexibility index (Phi) is 4.07. The minimum atomic E-state index is -0.298. The van der Waals surface area contributed by atoms with Crippen molar-refractivity contribution in [2.75, 3.05) is 0 Å². The maximum absolute atomic E-state index is 12.5. The Bertz CT molecular complexity index is 566. The molecule has 0 saturated carbocycles. The maximum atomic E-state index is 12.5. The summed E-state index contributed by atoms with van der Waals surface area (Å²) in [6.45, 7) is 3.78. The first kappa shape index (κ1) is 13.4. The monoisotopic (exact) mass is 254 g/mol. The van der Waals surface area contributed by atoms with Crippen LogP contribution in [0.4, 0.5) is 0 Å². The van der Waals surface area contributed by atoms with Gasteiger partial charge in [0.25, 0.3) is 0 Å². The molecule has 2 atom stereocenters. The molecule has 0 radical (unpaired) electrons. The molecule has 2 rings (SSSR count). The first-order valence-electron chi connectivity index (χ1n) is 6.36. The van der Waals surface area contributed by atoms with E-state index in [1.807, 2.05) is 50.2 Å². The quantitative estimate of drug-likeness (QED) is 0.853. The normalized spacial score (nSPS) is 13.8. The number of ketones is 1. The highest BCUT2D eigenvalue weighted by atomic mass is 16.1. The second kappa shape index (κ2) is 5.76. The van der Waals surface area contributed by atoms with Gasteiger partial charge in [0.05, 0.1) is 0 Å². The summed E-state index contributed by atoms with van der Waals surface area (Å²) in [5.74, 6) is -0.229. The number of aromatic nitrogens is 1. The second-order valence-corrected chi connectivity index (χ2v) is 4.78. The molecular weight excluding hydrogens is 236 g/mol. The summed E-state index contributed by atoms with van der Waals surface area (Å²) in [7, 11) is 0. The number of pyridine rings is 1. The Morgan fingerprint density at radius 2 is 1.89 bits per heavy atom. The van der Waals surface area contributed by atoms with Crippen LogP contribution in [0.15, 0.2) is 48.8 Å². The number of rotatable bonds is 4. The number of carbonyl (C=O) groups excluding carboxylic acids is 1. The molecule has 0 fully saturated rings. The van der Waals surface area contributed by atoms with Crippen LogP contribution in [0.5, 0.6) is 0 Å². The first-order valence-corrected chi connectivity index (χ1v) is 6.36. The van der Waals surface area contributed by atoms with Crippen LogP contribution in [-0.4, -0.2) is 10.8 Å². The van der Waals surface area contributed by atoms with Crippen LogP contribution in [0.25, 0.3) is 0 Å². The van der Waals surface area contributed by atoms with Gasteiger partial charge >= 0.3 is 0 Å². The molecule has 2 unspecified atom stereocenters. The van der Waals surface area contributed by atoms with E-state index in [-0.39, 0.29) is 17.7 Å². The summed E-state index contributed by atoms with van der Waals surface area (Å²) in [6, 6.07) is 11.2. The van der Waals surface area contributed by atoms with Crippen molar-refractivity contribution < 1.29 is 4.79 Å². The maximum Gasteiger partial charge on any atom is 0.169 e. The minimum absolute atomic E-state index is 0.0435. The van der Waals surface area contributed by atoms with E-state index in [9.17, 15) is 4.79 Å². The van der Waals surface area contributed by atoms with Gasteiger partial charge in [0.1, 0.15) is 0 Å². The summed E-state index contributed by atoms with van der Waals surface area (Å²) in [5, 5.41) is 0. The molecule has 0 saturated heterocycles. The van der Waals surface area contributed by atoms with Gasteiger partial charge in [0.15, 0.2) is 5.78 Å². The van der Waals surface area contributed by atoms with E-state index in [0.29, 0.717) is 5.56 Å². The zero-order valence-electron chi connectivity index (χ0n) is 11.2. The topological polar surface area (TPSA) is 56.0 Å². The van der Waals surface area contributed by atoms with E-state index in [0.717, 1.165) is 11.1 Å². The van der Waals surface area contributed by atoms with E-state index in [1.165, 1.54) is 0 Å². The van der Waals surface area contributed by atoms with E-state index in [1.54, 1.807) is 12.4 Å². The van der Waals surface area contributed by atoms with Crippen molar-refractivity contribution in [1.82, 2.24) is 4.98 Å². The second-order valence-electron chi connectivity index (χ2n) is 4.78. The van der Waals surface area contributed by atoms with Crippen molar-refractivity contribution in [3.8, 4) is 0 Å². The molecule has 1 aromatic heterocycles. The van der Waals surface area contributed by atoms with Gasteiger partial charge in [-0.05, 0) is 24.1 Å². The smallest absolute Gasteiger partial charge is 0.169 e. The number of benzene rings is 1. The van der Waals surface area contributed by atoms with Gasteiger partial charge < -0.3 is 5.73 Å². The lowest BCUT2D eigenvalue weighted by atomic mass is 9.88. The van der Waals surface area contributed by atoms with Crippen molar-refractivity contribution in [1.29, 1.82) is 0 Å². The molecule has 3 nitrogen and oxygen atoms in total. The number of hydrogen-bond donors (Lipinski definition) is 1. The molecule has 0 spiro atoms. The van der Waals surface area contributed by atoms with Crippen LogP contribution in [0.1, 0.15) is 34.5 Å². The summed E-state index contributed by atoms with van der Waals surface area (Å²) < 4.78 is 0. The summed E-state index contributed by atoms with van der Waals surface area (Å²) in [5.41, 5.74) is 8.75. The Balaban J connectivity index is 2.23. The molecule has 19 heavy (non-hydrogen) atoms. The third-order valence-electron chi connectivity index (χ3n) is 3.44. The number of Topliss-reactive ketones (excluding diaryl/α,β-unsaturated/α-hetero) is 1. The van der Waals surface area contributed by atoms with Gasteiger partial charge in [0.2, 0.25) is 0 Å². The molecule has 2 aromatic rings. The zero-order valence-corrected chi connectivity index (χ0v) is 11.2. The summed E-state index contributed by atoms with van der Waals surface area (Å²) >= 11 is 0. The van der Waals surface area contributed by atoms with E-state index in [4.69, 9.17) is 5.73 Å². The number of hydrogen-bond acceptors (Lipinski definition) is 3. The molecule has 0 aliphatic rings. The van der Waals surface area contributed by atoms with Crippen LogP contribution in [-0.2, 0) is 0 Å². The number of aryl methyl sites for hydroxylation is 1. The number of nitrogens with two attached hydrogens (primary N) is 1. The van der Waals surface area contributed by atoms with Gasteiger partial charge in [-0.3, -0.25) is 9.78 Å². The SMILES string of the molecule is Cc1ccncc1C(=O)C(C)C(N)c1ccccc1. The Labute approximate surface area is 113 Å².